The van der Waals surface area contributed by atoms with Gasteiger partial charge in [0.1, 0.15) is 0 Å². The van der Waals surface area contributed by atoms with E-state index in [2.05, 4.69) is 13.8 Å². The molecule has 15 heavy (non-hydrogen) atoms. The zero-order valence-corrected chi connectivity index (χ0v) is 12.0. The predicted octanol–water partition coefficient (Wildman–Crippen LogP) is 5.70. The molecular weight excluding hydrogens is 223 g/mol. The zero-order valence-electron chi connectivity index (χ0n) is 10.9. The molecular formula is C14H30Mn+2. The number of unbranched alkanes of at least 4 members (excludes halogenated alkanes) is 11. The van der Waals surface area contributed by atoms with E-state index >= 15 is 0 Å². The van der Waals surface area contributed by atoms with E-state index in [1.165, 1.54) is 77.0 Å². The molecule has 0 unspecified atom stereocenters. The van der Waals surface area contributed by atoms with Crippen molar-refractivity contribution >= 4 is 0 Å². The molecule has 0 saturated heterocycles. The van der Waals surface area contributed by atoms with E-state index in [1.807, 2.05) is 0 Å². The molecule has 0 nitrogen and oxygen atoms in total. The van der Waals surface area contributed by atoms with Crippen molar-refractivity contribution in [2.24, 2.45) is 0 Å². The van der Waals surface area contributed by atoms with Crippen molar-refractivity contribution in [1.29, 1.82) is 0 Å². The minimum Gasteiger partial charge on any atom is -0.0654 e. The molecule has 0 fully saturated rings. The van der Waals surface area contributed by atoms with Crippen LogP contribution in [-0.4, -0.2) is 0 Å². The van der Waals surface area contributed by atoms with E-state index in [0.717, 1.165) is 0 Å². The molecule has 0 saturated carbocycles. The van der Waals surface area contributed by atoms with Crippen molar-refractivity contribution < 1.29 is 17.1 Å². The van der Waals surface area contributed by atoms with E-state index in [-0.39, 0.29) is 17.1 Å². The first-order valence-corrected chi connectivity index (χ1v) is 6.91. The summed E-state index contributed by atoms with van der Waals surface area (Å²) >= 11 is 0. The molecule has 0 bridgehead atoms. The van der Waals surface area contributed by atoms with Gasteiger partial charge in [-0.2, -0.15) is 0 Å². The van der Waals surface area contributed by atoms with Gasteiger partial charge in [0.05, 0.1) is 0 Å². The molecule has 0 aromatic rings. The van der Waals surface area contributed by atoms with Crippen LogP contribution in [0.15, 0.2) is 0 Å². The van der Waals surface area contributed by atoms with Gasteiger partial charge in [0.2, 0.25) is 0 Å². The van der Waals surface area contributed by atoms with E-state index in [4.69, 9.17) is 0 Å². The summed E-state index contributed by atoms with van der Waals surface area (Å²) in [5, 5.41) is 0. The third kappa shape index (κ3) is 17.1. The van der Waals surface area contributed by atoms with E-state index in [0.29, 0.717) is 0 Å². The summed E-state index contributed by atoms with van der Waals surface area (Å²) in [7, 11) is 0. The van der Waals surface area contributed by atoms with Crippen molar-refractivity contribution in [3.63, 3.8) is 0 Å². The maximum Gasteiger partial charge on any atom is 2.00 e. The molecule has 0 N–H and O–H groups in total. The van der Waals surface area contributed by atoms with Gasteiger partial charge in [0, 0.05) is 0 Å². The molecule has 0 rings (SSSR count). The van der Waals surface area contributed by atoms with Gasteiger partial charge >= 0.3 is 17.1 Å². The first-order chi connectivity index (χ1) is 6.91. The minimum atomic E-state index is 0. The molecule has 0 aromatic heterocycles. The summed E-state index contributed by atoms with van der Waals surface area (Å²) in [5.74, 6) is 0. The molecule has 0 spiro atoms. The van der Waals surface area contributed by atoms with Crippen molar-refractivity contribution in [3.05, 3.63) is 0 Å². The van der Waals surface area contributed by atoms with Gasteiger partial charge in [-0.1, -0.05) is 90.9 Å². The Morgan fingerprint density at radius 3 is 0.800 bits per heavy atom. The van der Waals surface area contributed by atoms with Gasteiger partial charge in [-0.15, -0.1) is 0 Å². The van der Waals surface area contributed by atoms with Gasteiger partial charge < -0.3 is 0 Å². The summed E-state index contributed by atoms with van der Waals surface area (Å²) in [6.45, 7) is 4.57. The Bertz CT molecular complexity index is 79.3. The van der Waals surface area contributed by atoms with Crippen molar-refractivity contribution in [1.82, 2.24) is 0 Å². The average Bonchev–Trinajstić information content (AvgIpc) is 2.21. The fourth-order valence-electron chi connectivity index (χ4n) is 1.91. The third-order valence-electron chi connectivity index (χ3n) is 2.96. The molecule has 91 valence electrons. The summed E-state index contributed by atoms with van der Waals surface area (Å²) in [6.07, 6.45) is 17.4. The van der Waals surface area contributed by atoms with Gasteiger partial charge in [-0.25, -0.2) is 0 Å². The molecule has 0 aromatic carbocycles. The Morgan fingerprint density at radius 1 is 0.400 bits per heavy atom. The zero-order chi connectivity index (χ0) is 10.5. The smallest absolute Gasteiger partial charge is 0.0654 e. The SMILES string of the molecule is CCCCCCCCCCCCCC.[Mn+2]. The van der Waals surface area contributed by atoms with Gasteiger partial charge in [-0.3, -0.25) is 0 Å². The molecule has 0 aliphatic heterocycles. The Morgan fingerprint density at radius 2 is 0.600 bits per heavy atom. The molecule has 0 atom stereocenters. The molecule has 0 amide bonds. The molecule has 1 heteroatoms. The van der Waals surface area contributed by atoms with Crippen LogP contribution in [-0.2, 0) is 17.1 Å². The van der Waals surface area contributed by atoms with Crippen LogP contribution in [0.2, 0.25) is 0 Å². The fraction of sp³-hybridized carbons (Fsp3) is 1.00. The van der Waals surface area contributed by atoms with Crippen LogP contribution in [0.5, 0.6) is 0 Å². The van der Waals surface area contributed by atoms with Crippen LogP contribution in [0, 0.1) is 0 Å². The Kier molecular flexibility index (Phi) is 20.2. The van der Waals surface area contributed by atoms with Crippen LogP contribution in [0.4, 0.5) is 0 Å². The van der Waals surface area contributed by atoms with Crippen LogP contribution < -0.4 is 0 Å². The quantitative estimate of drug-likeness (QED) is 0.327. The van der Waals surface area contributed by atoms with Crippen molar-refractivity contribution in [2.45, 2.75) is 90.9 Å². The summed E-state index contributed by atoms with van der Waals surface area (Å²) in [6, 6.07) is 0. The largest absolute Gasteiger partial charge is 2.00 e. The van der Waals surface area contributed by atoms with E-state index < -0.39 is 0 Å². The number of hydrogen-bond acceptors (Lipinski definition) is 0. The number of hydrogen-bond donors (Lipinski definition) is 0. The van der Waals surface area contributed by atoms with Crippen LogP contribution in [0.1, 0.15) is 90.9 Å². The monoisotopic (exact) mass is 253 g/mol. The second kappa shape index (κ2) is 16.9. The molecule has 0 heterocycles. The van der Waals surface area contributed by atoms with Crippen molar-refractivity contribution in [2.75, 3.05) is 0 Å². The van der Waals surface area contributed by atoms with Crippen LogP contribution in [0.25, 0.3) is 0 Å². The summed E-state index contributed by atoms with van der Waals surface area (Å²) in [5.41, 5.74) is 0. The fourth-order valence-corrected chi connectivity index (χ4v) is 1.91. The van der Waals surface area contributed by atoms with E-state index in [1.54, 1.807) is 0 Å². The topological polar surface area (TPSA) is 0 Å². The van der Waals surface area contributed by atoms with Gasteiger partial charge in [0.15, 0.2) is 0 Å². The first-order valence-electron chi connectivity index (χ1n) is 6.91. The third-order valence-corrected chi connectivity index (χ3v) is 2.96. The second-order valence-electron chi connectivity index (χ2n) is 4.54. The van der Waals surface area contributed by atoms with Gasteiger partial charge in [-0.05, 0) is 0 Å². The Labute approximate surface area is 108 Å². The summed E-state index contributed by atoms with van der Waals surface area (Å²) in [4.78, 5) is 0. The van der Waals surface area contributed by atoms with Gasteiger partial charge in [0.25, 0.3) is 0 Å². The number of rotatable bonds is 11. The predicted molar refractivity (Wildman–Crippen MR) is 66.8 cm³/mol. The molecule has 1 radical (unpaired) electrons. The van der Waals surface area contributed by atoms with Crippen LogP contribution in [0.3, 0.4) is 0 Å². The maximum absolute atomic E-state index is 2.29. The second-order valence-corrected chi connectivity index (χ2v) is 4.54. The maximum atomic E-state index is 2.29. The minimum absolute atomic E-state index is 0. The van der Waals surface area contributed by atoms with Crippen LogP contribution >= 0.6 is 0 Å². The van der Waals surface area contributed by atoms with E-state index in [9.17, 15) is 0 Å². The Hall–Kier alpha value is 0.519. The normalized spacial score (nSPS) is 10.0. The average molecular weight is 253 g/mol. The Balaban J connectivity index is 0. The standard InChI is InChI=1S/C14H30.Mn/c1-3-5-7-9-11-13-14-12-10-8-6-4-2;/h3-14H2,1-2H3;/q;+2. The molecule has 0 aliphatic carbocycles. The molecule has 0 aliphatic rings. The first kappa shape index (κ1) is 17.9. The summed E-state index contributed by atoms with van der Waals surface area (Å²) < 4.78 is 0. The van der Waals surface area contributed by atoms with Crippen molar-refractivity contribution in [3.8, 4) is 0 Å².